The highest BCUT2D eigenvalue weighted by atomic mass is 16.5. The Morgan fingerprint density at radius 2 is 2.08 bits per heavy atom. The van der Waals surface area contributed by atoms with Crippen LogP contribution >= 0.6 is 0 Å². The van der Waals surface area contributed by atoms with Crippen LogP contribution < -0.4 is 0 Å². The summed E-state index contributed by atoms with van der Waals surface area (Å²) >= 11 is 0. The van der Waals surface area contributed by atoms with Gasteiger partial charge in [0.1, 0.15) is 0 Å². The molecular formula is C11H13NO. The first-order valence-electron chi connectivity index (χ1n) is 4.41. The van der Waals surface area contributed by atoms with Crippen molar-refractivity contribution in [3.63, 3.8) is 0 Å². The second kappa shape index (κ2) is 3.23. The first-order valence-corrected chi connectivity index (χ1v) is 4.41. The van der Waals surface area contributed by atoms with Crippen LogP contribution in [0.4, 0.5) is 0 Å². The highest BCUT2D eigenvalue weighted by Gasteiger charge is 2.08. The molecule has 2 aromatic rings. The summed E-state index contributed by atoms with van der Waals surface area (Å²) in [6.07, 6.45) is 2.16. The van der Waals surface area contributed by atoms with Gasteiger partial charge in [-0.2, -0.15) is 0 Å². The zero-order valence-electron chi connectivity index (χ0n) is 7.87. The molecule has 1 unspecified atom stereocenters. The van der Waals surface area contributed by atoms with E-state index in [9.17, 15) is 0 Å². The number of ether oxygens (including phenoxy) is 1. The summed E-state index contributed by atoms with van der Waals surface area (Å²) in [6, 6.07) is 8.25. The van der Waals surface area contributed by atoms with E-state index in [4.69, 9.17) is 4.74 Å². The zero-order chi connectivity index (χ0) is 9.26. The Kier molecular flexibility index (Phi) is 2.07. The van der Waals surface area contributed by atoms with Crippen molar-refractivity contribution in [1.29, 1.82) is 0 Å². The van der Waals surface area contributed by atoms with Crippen molar-refractivity contribution < 1.29 is 4.74 Å². The van der Waals surface area contributed by atoms with E-state index >= 15 is 0 Å². The van der Waals surface area contributed by atoms with Crippen molar-refractivity contribution in [2.45, 2.75) is 13.0 Å². The summed E-state index contributed by atoms with van der Waals surface area (Å²) in [5.74, 6) is 0. The average Bonchev–Trinajstić information content (AvgIpc) is 2.60. The van der Waals surface area contributed by atoms with Gasteiger partial charge in [0, 0.05) is 29.8 Å². The Balaban J connectivity index is 2.57. The molecular weight excluding hydrogens is 162 g/mol. The molecule has 2 rings (SSSR count). The van der Waals surface area contributed by atoms with Gasteiger partial charge < -0.3 is 9.72 Å². The second-order valence-electron chi connectivity index (χ2n) is 3.17. The minimum atomic E-state index is 0.149. The predicted octanol–water partition coefficient (Wildman–Crippen LogP) is 2.88. The van der Waals surface area contributed by atoms with E-state index in [-0.39, 0.29) is 6.10 Å². The number of aromatic nitrogens is 1. The fourth-order valence-corrected chi connectivity index (χ4v) is 1.56. The minimum absolute atomic E-state index is 0.149. The highest BCUT2D eigenvalue weighted by molar-refractivity contribution is 5.83. The Bertz CT molecular complexity index is 405. The monoisotopic (exact) mass is 175 g/mol. The number of fused-ring (bicyclic) bond motifs is 1. The molecule has 68 valence electrons. The van der Waals surface area contributed by atoms with Crippen LogP contribution in [0.2, 0.25) is 0 Å². The third-order valence-corrected chi connectivity index (χ3v) is 2.41. The van der Waals surface area contributed by atoms with E-state index in [0.29, 0.717) is 0 Å². The van der Waals surface area contributed by atoms with Gasteiger partial charge in [-0.3, -0.25) is 0 Å². The Morgan fingerprint density at radius 3 is 2.85 bits per heavy atom. The van der Waals surface area contributed by atoms with Crippen LogP contribution in [0.3, 0.4) is 0 Å². The number of rotatable bonds is 2. The van der Waals surface area contributed by atoms with Gasteiger partial charge in [0.2, 0.25) is 0 Å². The molecule has 0 fully saturated rings. The molecule has 13 heavy (non-hydrogen) atoms. The van der Waals surface area contributed by atoms with Gasteiger partial charge in [-0.25, -0.2) is 0 Å². The van der Waals surface area contributed by atoms with E-state index in [2.05, 4.69) is 24.0 Å². The number of methoxy groups -OCH3 is 1. The fraction of sp³-hybridized carbons (Fsp3) is 0.273. The molecule has 0 saturated carbocycles. The predicted molar refractivity (Wildman–Crippen MR) is 53.7 cm³/mol. The van der Waals surface area contributed by atoms with E-state index in [1.54, 1.807) is 7.11 Å². The first-order chi connectivity index (χ1) is 6.33. The van der Waals surface area contributed by atoms with Gasteiger partial charge in [0.25, 0.3) is 0 Å². The summed E-state index contributed by atoms with van der Waals surface area (Å²) in [5, 5.41) is 1.25. The average molecular weight is 175 g/mol. The maximum atomic E-state index is 5.28. The second-order valence-corrected chi connectivity index (χ2v) is 3.17. The molecule has 1 heterocycles. The molecule has 1 N–H and O–H groups in total. The SMILES string of the molecule is COC(C)c1c[nH]c2ccccc12. The lowest BCUT2D eigenvalue weighted by atomic mass is 10.1. The zero-order valence-corrected chi connectivity index (χ0v) is 7.87. The number of hydrogen-bond donors (Lipinski definition) is 1. The summed E-state index contributed by atoms with van der Waals surface area (Å²) < 4.78 is 5.28. The van der Waals surface area contributed by atoms with Crippen LogP contribution in [-0.4, -0.2) is 12.1 Å². The topological polar surface area (TPSA) is 25.0 Å². The molecule has 2 nitrogen and oxygen atoms in total. The van der Waals surface area contributed by atoms with E-state index in [0.717, 1.165) is 0 Å². The lowest BCUT2D eigenvalue weighted by Crippen LogP contribution is -1.93. The third-order valence-electron chi connectivity index (χ3n) is 2.41. The fourth-order valence-electron chi connectivity index (χ4n) is 1.56. The van der Waals surface area contributed by atoms with Gasteiger partial charge in [-0.15, -0.1) is 0 Å². The number of hydrogen-bond acceptors (Lipinski definition) is 1. The Labute approximate surface area is 77.5 Å². The van der Waals surface area contributed by atoms with Crippen LogP contribution in [-0.2, 0) is 4.74 Å². The van der Waals surface area contributed by atoms with Crippen molar-refractivity contribution in [2.24, 2.45) is 0 Å². The van der Waals surface area contributed by atoms with Crippen molar-refractivity contribution in [2.75, 3.05) is 7.11 Å². The van der Waals surface area contributed by atoms with Crippen molar-refractivity contribution in [1.82, 2.24) is 4.98 Å². The maximum absolute atomic E-state index is 5.28. The van der Waals surface area contributed by atoms with Crippen LogP contribution in [0.25, 0.3) is 10.9 Å². The molecule has 0 aliphatic carbocycles. The molecule has 0 aliphatic rings. The van der Waals surface area contributed by atoms with Crippen molar-refractivity contribution in [3.05, 3.63) is 36.0 Å². The quantitative estimate of drug-likeness (QED) is 0.745. The van der Waals surface area contributed by atoms with Crippen LogP contribution in [0.5, 0.6) is 0 Å². The molecule has 2 heteroatoms. The molecule has 1 aromatic carbocycles. The van der Waals surface area contributed by atoms with Crippen LogP contribution in [0.15, 0.2) is 30.5 Å². The number of benzene rings is 1. The highest BCUT2D eigenvalue weighted by Crippen LogP contribution is 2.25. The number of nitrogens with one attached hydrogen (secondary N) is 1. The summed E-state index contributed by atoms with van der Waals surface area (Å²) in [5.41, 5.74) is 2.39. The minimum Gasteiger partial charge on any atom is -0.377 e. The number of H-pyrrole nitrogens is 1. The van der Waals surface area contributed by atoms with Gasteiger partial charge in [0.15, 0.2) is 0 Å². The normalized spacial score (nSPS) is 13.4. The molecule has 0 amide bonds. The molecule has 0 bridgehead atoms. The maximum Gasteiger partial charge on any atom is 0.0813 e. The Morgan fingerprint density at radius 1 is 1.31 bits per heavy atom. The van der Waals surface area contributed by atoms with E-state index in [1.165, 1.54) is 16.5 Å². The first kappa shape index (κ1) is 8.32. The summed E-state index contributed by atoms with van der Waals surface area (Å²) in [6.45, 7) is 2.05. The van der Waals surface area contributed by atoms with Gasteiger partial charge >= 0.3 is 0 Å². The van der Waals surface area contributed by atoms with Crippen LogP contribution in [0, 0.1) is 0 Å². The molecule has 0 saturated heterocycles. The van der Waals surface area contributed by atoms with Crippen molar-refractivity contribution >= 4 is 10.9 Å². The standard InChI is InChI=1S/C11H13NO/c1-8(13-2)10-7-12-11-6-4-3-5-9(10)11/h3-8,12H,1-2H3. The summed E-state index contributed by atoms with van der Waals surface area (Å²) in [7, 11) is 1.73. The number of aromatic amines is 1. The van der Waals surface area contributed by atoms with Gasteiger partial charge in [-0.1, -0.05) is 18.2 Å². The molecule has 1 aromatic heterocycles. The van der Waals surface area contributed by atoms with E-state index in [1.807, 2.05) is 18.3 Å². The molecule has 0 aliphatic heterocycles. The number of para-hydroxylation sites is 1. The van der Waals surface area contributed by atoms with E-state index < -0.39 is 0 Å². The molecule has 1 atom stereocenters. The lowest BCUT2D eigenvalue weighted by Gasteiger charge is -2.07. The van der Waals surface area contributed by atoms with Crippen LogP contribution in [0.1, 0.15) is 18.6 Å². The largest absolute Gasteiger partial charge is 0.377 e. The third kappa shape index (κ3) is 1.33. The van der Waals surface area contributed by atoms with Gasteiger partial charge in [0.05, 0.1) is 6.10 Å². The van der Waals surface area contributed by atoms with Crippen molar-refractivity contribution in [3.8, 4) is 0 Å². The van der Waals surface area contributed by atoms with Gasteiger partial charge in [-0.05, 0) is 13.0 Å². The lowest BCUT2D eigenvalue weighted by molar-refractivity contribution is 0.121. The Hall–Kier alpha value is -1.28. The molecule has 0 spiro atoms. The smallest absolute Gasteiger partial charge is 0.0813 e. The molecule has 0 radical (unpaired) electrons. The summed E-state index contributed by atoms with van der Waals surface area (Å²) in [4.78, 5) is 3.22.